The lowest BCUT2D eigenvalue weighted by Gasteiger charge is -2.39. The normalized spacial score (nSPS) is 24.9. The molecule has 1 saturated heterocycles. The summed E-state index contributed by atoms with van der Waals surface area (Å²) in [5.74, 6) is -0.966. The van der Waals surface area contributed by atoms with Gasteiger partial charge in [-0.1, -0.05) is 42.5 Å². The molecule has 114 valence electrons. The van der Waals surface area contributed by atoms with E-state index in [4.69, 9.17) is 14.2 Å². The third-order valence-corrected chi connectivity index (χ3v) is 3.31. The Morgan fingerprint density at radius 3 is 2.71 bits per heavy atom. The molecule has 1 aromatic carbocycles. The molecule has 1 fully saturated rings. The van der Waals surface area contributed by atoms with E-state index in [-0.39, 0.29) is 24.6 Å². The SMILES string of the molecule is COC(=O)C[C@@H]1C[C@H](/C=C/c2ccccc2)OC(C)(C)O1. The van der Waals surface area contributed by atoms with Crippen LogP contribution in [-0.2, 0) is 19.0 Å². The molecule has 1 aromatic rings. The first kappa shape index (κ1) is 15.7. The van der Waals surface area contributed by atoms with E-state index >= 15 is 0 Å². The van der Waals surface area contributed by atoms with Gasteiger partial charge >= 0.3 is 5.97 Å². The maximum atomic E-state index is 11.4. The average molecular weight is 290 g/mol. The first-order chi connectivity index (χ1) is 9.98. The molecule has 1 heterocycles. The van der Waals surface area contributed by atoms with E-state index < -0.39 is 5.79 Å². The first-order valence-corrected chi connectivity index (χ1v) is 7.14. The molecule has 0 N–H and O–H groups in total. The van der Waals surface area contributed by atoms with E-state index in [2.05, 4.69) is 0 Å². The van der Waals surface area contributed by atoms with Gasteiger partial charge in [-0.2, -0.15) is 0 Å². The van der Waals surface area contributed by atoms with Gasteiger partial charge in [0.1, 0.15) is 0 Å². The van der Waals surface area contributed by atoms with Crippen molar-refractivity contribution in [1.29, 1.82) is 0 Å². The average Bonchev–Trinajstić information content (AvgIpc) is 2.44. The Kier molecular flexibility index (Phi) is 5.15. The molecule has 0 radical (unpaired) electrons. The zero-order valence-electron chi connectivity index (χ0n) is 12.7. The molecule has 1 aliphatic rings. The molecule has 0 amide bonds. The van der Waals surface area contributed by atoms with Crippen molar-refractivity contribution < 1.29 is 19.0 Å². The Labute approximate surface area is 125 Å². The number of ether oxygens (including phenoxy) is 3. The topological polar surface area (TPSA) is 44.8 Å². The van der Waals surface area contributed by atoms with Crippen molar-refractivity contribution in [3.63, 3.8) is 0 Å². The van der Waals surface area contributed by atoms with E-state index in [9.17, 15) is 4.79 Å². The molecule has 0 saturated carbocycles. The summed E-state index contributed by atoms with van der Waals surface area (Å²) in [6.45, 7) is 3.72. The zero-order chi connectivity index (χ0) is 15.3. The maximum Gasteiger partial charge on any atom is 0.308 e. The first-order valence-electron chi connectivity index (χ1n) is 7.14. The number of carbonyl (C=O) groups excluding carboxylic acids is 1. The fourth-order valence-corrected chi connectivity index (χ4v) is 2.44. The van der Waals surface area contributed by atoms with Crippen molar-refractivity contribution in [2.24, 2.45) is 0 Å². The highest BCUT2D eigenvalue weighted by Gasteiger charge is 2.35. The van der Waals surface area contributed by atoms with Crippen LogP contribution in [0.4, 0.5) is 0 Å². The monoisotopic (exact) mass is 290 g/mol. The molecule has 2 atom stereocenters. The molecule has 21 heavy (non-hydrogen) atoms. The van der Waals surface area contributed by atoms with Gasteiger partial charge in [-0.05, 0) is 19.4 Å². The summed E-state index contributed by atoms with van der Waals surface area (Å²) in [6, 6.07) is 10.0. The van der Waals surface area contributed by atoms with Crippen LogP contribution in [0, 0.1) is 0 Å². The predicted molar refractivity (Wildman–Crippen MR) is 80.6 cm³/mol. The molecule has 4 heteroatoms. The highest BCUT2D eigenvalue weighted by Crippen LogP contribution is 2.29. The van der Waals surface area contributed by atoms with Crippen molar-refractivity contribution >= 4 is 12.0 Å². The Hall–Kier alpha value is -1.65. The number of methoxy groups -OCH3 is 1. The van der Waals surface area contributed by atoms with Crippen LogP contribution in [0.2, 0.25) is 0 Å². The highest BCUT2D eigenvalue weighted by molar-refractivity contribution is 5.69. The summed E-state index contributed by atoms with van der Waals surface area (Å²) >= 11 is 0. The summed E-state index contributed by atoms with van der Waals surface area (Å²) in [5.41, 5.74) is 1.12. The predicted octanol–water partition coefficient (Wildman–Crippen LogP) is 3.17. The fourth-order valence-electron chi connectivity index (χ4n) is 2.44. The van der Waals surface area contributed by atoms with Crippen LogP contribution < -0.4 is 0 Å². The standard InChI is InChI=1S/C17H22O4/c1-17(2)20-14(10-9-13-7-5-4-6-8-13)11-15(21-17)12-16(18)19-3/h4-10,14-15H,11-12H2,1-3H3/b10-9+/t14-,15-/m0/s1. The Morgan fingerprint density at radius 2 is 2.05 bits per heavy atom. The molecule has 4 nitrogen and oxygen atoms in total. The second-order valence-corrected chi connectivity index (χ2v) is 5.58. The highest BCUT2D eigenvalue weighted by atomic mass is 16.7. The smallest absolute Gasteiger partial charge is 0.308 e. The quantitative estimate of drug-likeness (QED) is 0.799. The van der Waals surface area contributed by atoms with E-state index in [1.165, 1.54) is 7.11 Å². The lowest BCUT2D eigenvalue weighted by atomic mass is 10.0. The second-order valence-electron chi connectivity index (χ2n) is 5.58. The molecule has 0 spiro atoms. The molecular formula is C17H22O4. The summed E-state index contributed by atoms with van der Waals surface area (Å²) in [4.78, 5) is 11.4. The summed E-state index contributed by atoms with van der Waals surface area (Å²) < 4.78 is 16.4. The Morgan fingerprint density at radius 1 is 1.33 bits per heavy atom. The van der Waals surface area contributed by atoms with Gasteiger partial charge in [0, 0.05) is 6.42 Å². The lowest BCUT2D eigenvalue weighted by Crippen LogP contribution is -2.44. The Balaban J connectivity index is 2.02. The van der Waals surface area contributed by atoms with Crippen LogP contribution in [-0.4, -0.2) is 31.1 Å². The minimum absolute atomic E-state index is 0.0800. The van der Waals surface area contributed by atoms with Crippen LogP contribution in [0.15, 0.2) is 36.4 Å². The number of hydrogen-bond acceptors (Lipinski definition) is 4. The van der Waals surface area contributed by atoms with Crippen LogP contribution in [0.5, 0.6) is 0 Å². The van der Waals surface area contributed by atoms with Crippen LogP contribution in [0.1, 0.15) is 32.3 Å². The number of hydrogen-bond donors (Lipinski definition) is 0. The van der Waals surface area contributed by atoms with Gasteiger partial charge < -0.3 is 14.2 Å². The van der Waals surface area contributed by atoms with Crippen molar-refractivity contribution in [2.75, 3.05) is 7.11 Å². The van der Waals surface area contributed by atoms with Crippen LogP contribution in [0.3, 0.4) is 0 Å². The second kappa shape index (κ2) is 6.87. The molecule has 0 bridgehead atoms. The van der Waals surface area contributed by atoms with Gasteiger partial charge in [-0.3, -0.25) is 4.79 Å². The van der Waals surface area contributed by atoms with Crippen LogP contribution in [0.25, 0.3) is 6.08 Å². The number of esters is 1. The van der Waals surface area contributed by atoms with Crippen molar-refractivity contribution in [3.05, 3.63) is 42.0 Å². The molecule has 0 aliphatic carbocycles. The van der Waals surface area contributed by atoms with Crippen molar-refractivity contribution in [3.8, 4) is 0 Å². The number of rotatable bonds is 4. The van der Waals surface area contributed by atoms with Gasteiger partial charge in [0.2, 0.25) is 0 Å². The number of carbonyl (C=O) groups is 1. The van der Waals surface area contributed by atoms with E-state index in [1.54, 1.807) is 0 Å². The molecule has 0 aromatic heterocycles. The van der Waals surface area contributed by atoms with E-state index in [0.29, 0.717) is 6.42 Å². The van der Waals surface area contributed by atoms with Gasteiger partial charge in [0.25, 0.3) is 0 Å². The van der Waals surface area contributed by atoms with Gasteiger partial charge in [0.05, 0.1) is 25.7 Å². The van der Waals surface area contributed by atoms with E-state index in [1.807, 2.05) is 56.3 Å². The summed E-state index contributed by atoms with van der Waals surface area (Å²) in [7, 11) is 1.39. The largest absolute Gasteiger partial charge is 0.469 e. The van der Waals surface area contributed by atoms with Crippen molar-refractivity contribution in [2.45, 2.75) is 44.7 Å². The van der Waals surface area contributed by atoms with Gasteiger partial charge in [-0.25, -0.2) is 0 Å². The fraction of sp³-hybridized carbons (Fsp3) is 0.471. The summed E-state index contributed by atoms with van der Waals surface area (Å²) in [5, 5.41) is 0. The maximum absolute atomic E-state index is 11.4. The summed E-state index contributed by atoms with van der Waals surface area (Å²) in [6.07, 6.45) is 4.67. The lowest BCUT2D eigenvalue weighted by molar-refractivity contribution is -0.290. The molecule has 1 aliphatic heterocycles. The minimum Gasteiger partial charge on any atom is -0.469 e. The third kappa shape index (κ3) is 4.99. The minimum atomic E-state index is -0.706. The van der Waals surface area contributed by atoms with Crippen molar-refractivity contribution in [1.82, 2.24) is 0 Å². The number of benzene rings is 1. The third-order valence-electron chi connectivity index (χ3n) is 3.31. The molecular weight excluding hydrogens is 268 g/mol. The van der Waals surface area contributed by atoms with Crippen LogP contribution >= 0.6 is 0 Å². The Bertz CT molecular complexity index is 493. The zero-order valence-corrected chi connectivity index (χ0v) is 12.7. The molecule has 0 unspecified atom stereocenters. The van der Waals surface area contributed by atoms with Gasteiger partial charge in [-0.15, -0.1) is 0 Å². The molecule has 2 rings (SSSR count). The van der Waals surface area contributed by atoms with E-state index in [0.717, 1.165) is 5.56 Å². The van der Waals surface area contributed by atoms with Gasteiger partial charge in [0.15, 0.2) is 5.79 Å².